The van der Waals surface area contributed by atoms with Crippen LogP contribution in [0.2, 0.25) is 0 Å². The van der Waals surface area contributed by atoms with Crippen molar-refractivity contribution in [3.8, 4) is 0 Å². The quantitative estimate of drug-likeness (QED) is 0.719. The number of carbonyl (C=O) groups excluding carboxylic acids is 1. The Kier molecular flexibility index (Phi) is 1.86. The van der Waals surface area contributed by atoms with Crippen molar-refractivity contribution in [3.63, 3.8) is 0 Å². The average Bonchev–Trinajstić information content (AvgIpc) is 2.44. The van der Waals surface area contributed by atoms with Crippen LogP contribution in [-0.4, -0.2) is 29.6 Å². The number of hydrogen-bond donors (Lipinski definition) is 1. The number of carbonyl (C=O) groups is 1. The molecule has 3 aliphatic rings. The maximum Gasteiger partial charge on any atom is 0.196 e. The molecule has 84 valence electrons. The predicted octanol–water partition coefficient (Wildman–Crippen LogP) is 1.35. The summed E-state index contributed by atoms with van der Waals surface area (Å²) in [6.45, 7) is 1.31. The zero-order chi connectivity index (χ0) is 11.3. The van der Waals surface area contributed by atoms with Crippen LogP contribution in [0.4, 0.5) is 10.1 Å². The first-order valence-corrected chi connectivity index (χ1v) is 5.42. The van der Waals surface area contributed by atoms with E-state index in [2.05, 4.69) is 0 Å². The summed E-state index contributed by atoms with van der Waals surface area (Å²) in [4.78, 5) is 14.2. The van der Waals surface area contributed by atoms with Crippen molar-refractivity contribution in [2.75, 3.05) is 18.0 Å². The summed E-state index contributed by atoms with van der Waals surface area (Å²) in [5.74, 6) is -0.764. The van der Waals surface area contributed by atoms with Gasteiger partial charge in [0.25, 0.3) is 0 Å². The number of Topliss-reactive ketones (excluding diaryl/α,β-unsaturated/α-hetero) is 1. The molecule has 1 aromatic carbocycles. The van der Waals surface area contributed by atoms with Crippen LogP contribution < -0.4 is 4.90 Å². The van der Waals surface area contributed by atoms with Gasteiger partial charge in [-0.1, -0.05) is 0 Å². The van der Waals surface area contributed by atoms with Crippen LogP contribution in [0.1, 0.15) is 23.2 Å². The van der Waals surface area contributed by atoms with E-state index in [0.717, 1.165) is 5.69 Å². The number of halogens is 1. The third-order valence-corrected chi connectivity index (χ3v) is 3.56. The van der Waals surface area contributed by atoms with Crippen molar-refractivity contribution in [2.24, 2.45) is 0 Å². The van der Waals surface area contributed by atoms with Crippen molar-refractivity contribution in [1.29, 1.82) is 0 Å². The Hall–Kier alpha value is -1.42. The van der Waals surface area contributed by atoms with Gasteiger partial charge in [-0.25, -0.2) is 4.39 Å². The highest BCUT2D eigenvalue weighted by Crippen LogP contribution is 2.37. The Morgan fingerprint density at radius 3 is 2.69 bits per heavy atom. The third-order valence-electron chi connectivity index (χ3n) is 3.56. The molecule has 0 amide bonds. The van der Waals surface area contributed by atoms with E-state index in [-0.39, 0.29) is 5.78 Å². The van der Waals surface area contributed by atoms with Gasteiger partial charge in [0.2, 0.25) is 0 Å². The molecule has 4 rings (SSSR count). The van der Waals surface area contributed by atoms with E-state index in [1.807, 2.05) is 4.90 Å². The highest BCUT2D eigenvalue weighted by Gasteiger charge is 2.44. The molecule has 1 fully saturated rings. The molecule has 1 saturated heterocycles. The number of rotatable bonds is 0. The van der Waals surface area contributed by atoms with Crippen LogP contribution in [0.15, 0.2) is 18.2 Å². The van der Waals surface area contributed by atoms with Crippen molar-refractivity contribution in [1.82, 2.24) is 0 Å². The topological polar surface area (TPSA) is 40.5 Å². The van der Waals surface area contributed by atoms with Crippen LogP contribution >= 0.6 is 0 Å². The molecule has 1 N–H and O–H groups in total. The van der Waals surface area contributed by atoms with Crippen LogP contribution in [0.25, 0.3) is 0 Å². The Bertz CT molecular complexity index is 464. The van der Waals surface area contributed by atoms with Crippen molar-refractivity contribution >= 4 is 11.5 Å². The SMILES string of the molecule is O=C1c2cc(F)ccc2N2CCC1(O)CC2. The van der Waals surface area contributed by atoms with E-state index in [9.17, 15) is 14.3 Å². The molecule has 0 aliphatic carbocycles. The fourth-order valence-corrected chi connectivity index (χ4v) is 2.56. The first-order chi connectivity index (χ1) is 7.60. The number of hydrogen-bond acceptors (Lipinski definition) is 3. The summed E-state index contributed by atoms with van der Waals surface area (Å²) in [5, 5.41) is 10.2. The highest BCUT2D eigenvalue weighted by molar-refractivity contribution is 6.08. The monoisotopic (exact) mass is 221 g/mol. The summed E-state index contributed by atoms with van der Waals surface area (Å²) in [7, 11) is 0. The lowest BCUT2D eigenvalue weighted by atomic mass is 9.87. The summed E-state index contributed by atoms with van der Waals surface area (Å²) >= 11 is 0. The van der Waals surface area contributed by atoms with E-state index in [4.69, 9.17) is 0 Å². The van der Waals surface area contributed by atoms with E-state index < -0.39 is 11.4 Å². The molecule has 4 heteroatoms. The fourth-order valence-electron chi connectivity index (χ4n) is 2.56. The Labute approximate surface area is 92.5 Å². The highest BCUT2D eigenvalue weighted by atomic mass is 19.1. The molecule has 0 spiro atoms. The summed E-state index contributed by atoms with van der Waals surface area (Å²) in [5.41, 5.74) is -0.215. The number of benzene rings is 1. The molecule has 3 nitrogen and oxygen atoms in total. The van der Waals surface area contributed by atoms with Gasteiger partial charge in [-0.15, -0.1) is 0 Å². The van der Waals surface area contributed by atoms with Gasteiger partial charge < -0.3 is 10.0 Å². The normalized spacial score (nSPS) is 21.9. The molecule has 1 aromatic rings. The molecule has 16 heavy (non-hydrogen) atoms. The maximum atomic E-state index is 13.1. The standard InChI is InChI=1S/C12H12FNO2/c13-8-1-2-10-9(7-8)11(15)12(16)3-5-14(10)6-4-12/h1-2,7,16H,3-6H2. The van der Waals surface area contributed by atoms with Gasteiger partial charge in [0.15, 0.2) is 5.78 Å². The lowest BCUT2D eigenvalue weighted by Crippen LogP contribution is -2.45. The van der Waals surface area contributed by atoms with Crippen molar-refractivity contribution in [2.45, 2.75) is 18.4 Å². The van der Waals surface area contributed by atoms with Gasteiger partial charge in [-0.3, -0.25) is 4.79 Å². The molecule has 3 heterocycles. The molecule has 0 aromatic heterocycles. The number of anilines is 1. The van der Waals surface area contributed by atoms with E-state index in [0.29, 0.717) is 31.5 Å². The van der Waals surface area contributed by atoms with Gasteiger partial charge in [-0.2, -0.15) is 0 Å². The molecular formula is C12H12FNO2. The molecular weight excluding hydrogens is 209 g/mol. The third kappa shape index (κ3) is 1.19. The minimum Gasteiger partial charge on any atom is -0.382 e. The van der Waals surface area contributed by atoms with Gasteiger partial charge in [0, 0.05) is 37.2 Å². The Morgan fingerprint density at radius 2 is 2.00 bits per heavy atom. The predicted molar refractivity (Wildman–Crippen MR) is 57.1 cm³/mol. The second-order valence-corrected chi connectivity index (χ2v) is 4.51. The molecule has 2 bridgehead atoms. The Morgan fingerprint density at radius 1 is 1.31 bits per heavy atom. The van der Waals surface area contributed by atoms with Crippen LogP contribution in [-0.2, 0) is 0 Å². The first-order valence-electron chi connectivity index (χ1n) is 5.42. The van der Waals surface area contributed by atoms with Crippen LogP contribution in [0.3, 0.4) is 0 Å². The zero-order valence-electron chi connectivity index (χ0n) is 8.74. The molecule has 3 aliphatic heterocycles. The van der Waals surface area contributed by atoms with Crippen LogP contribution in [0.5, 0.6) is 0 Å². The Balaban J connectivity index is 2.23. The van der Waals surface area contributed by atoms with E-state index in [1.54, 1.807) is 6.07 Å². The summed E-state index contributed by atoms with van der Waals surface area (Å²) in [6.07, 6.45) is 0.865. The summed E-state index contributed by atoms with van der Waals surface area (Å²) in [6, 6.07) is 4.21. The number of aliphatic hydroxyl groups is 1. The molecule has 0 saturated carbocycles. The molecule has 0 unspecified atom stereocenters. The van der Waals surface area contributed by atoms with E-state index >= 15 is 0 Å². The van der Waals surface area contributed by atoms with Gasteiger partial charge in [0.05, 0.1) is 0 Å². The average molecular weight is 221 g/mol. The zero-order valence-corrected chi connectivity index (χ0v) is 8.74. The molecule has 0 atom stereocenters. The largest absolute Gasteiger partial charge is 0.382 e. The fraction of sp³-hybridized carbons (Fsp3) is 0.417. The van der Waals surface area contributed by atoms with Crippen LogP contribution in [0, 0.1) is 5.82 Å². The second kappa shape index (κ2) is 3.04. The smallest absolute Gasteiger partial charge is 0.196 e. The number of piperidine rings is 1. The van der Waals surface area contributed by atoms with Gasteiger partial charge in [0.1, 0.15) is 11.4 Å². The summed E-state index contributed by atoms with van der Waals surface area (Å²) < 4.78 is 13.1. The maximum absolute atomic E-state index is 13.1. The number of ketones is 1. The number of nitrogens with zero attached hydrogens (tertiary/aromatic N) is 1. The minimum absolute atomic E-state index is 0.317. The van der Waals surface area contributed by atoms with Gasteiger partial charge in [-0.05, 0) is 18.2 Å². The van der Waals surface area contributed by atoms with Crippen molar-refractivity contribution < 1.29 is 14.3 Å². The van der Waals surface area contributed by atoms with Crippen molar-refractivity contribution in [3.05, 3.63) is 29.6 Å². The lowest BCUT2D eigenvalue weighted by molar-refractivity contribution is 0.0211. The first kappa shape index (κ1) is 9.78. The number of fused-ring (bicyclic) bond motifs is 2. The molecule has 0 radical (unpaired) electrons. The minimum atomic E-state index is -1.28. The van der Waals surface area contributed by atoms with E-state index in [1.165, 1.54) is 12.1 Å². The van der Waals surface area contributed by atoms with Gasteiger partial charge >= 0.3 is 0 Å². The lowest BCUT2D eigenvalue weighted by Gasteiger charge is -2.33. The second-order valence-electron chi connectivity index (χ2n) is 4.51.